The monoisotopic (exact) mass is 229 g/mol. The molecule has 0 amide bonds. The molecule has 0 saturated heterocycles. The van der Waals surface area contributed by atoms with Crippen LogP contribution in [0.15, 0.2) is 36.5 Å². The molecule has 90 valence electrons. The minimum atomic E-state index is -0.422. The van der Waals surface area contributed by atoms with Crippen LogP contribution < -0.4 is 0 Å². The normalized spacial score (nSPS) is 12.7. The molecule has 0 fully saturated rings. The zero-order valence-corrected chi connectivity index (χ0v) is 10.6. The van der Waals surface area contributed by atoms with Crippen molar-refractivity contribution < 1.29 is 5.11 Å². The van der Waals surface area contributed by atoms with Gasteiger partial charge in [0.25, 0.3) is 0 Å². The lowest BCUT2D eigenvalue weighted by atomic mass is 10.0. The Labute approximate surface area is 103 Å². The summed E-state index contributed by atoms with van der Waals surface area (Å²) in [5.74, 6) is 0. The molecule has 0 aliphatic carbocycles. The Kier molecular flexibility index (Phi) is 3.34. The van der Waals surface area contributed by atoms with E-state index in [2.05, 4.69) is 36.6 Å². The van der Waals surface area contributed by atoms with E-state index < -0.39 is 6.10 Å². The molecule has 0 spiro atoms. The third-order valence-corrected chi connectivity index (χ3v) is 3.27. The summed E-state index contributed by atoms with van der Waals surface area (Å²) in [7, 11) is 0. The van der Waals surface area contributed by atoms with Gasteiger partial charge in [-0.3, -0.25) is 0 Å². The van der Waals surface area contributed by atoms with E-state index in [1.165, 1.54) is 16.7 Å². The summed E-state index contributed by atoms with van der Waals surface area (Å²) in [6.45, 7) is 6.89. The van der Waals surface area contributed by atoms with Crippen LogP contribution in [-0.2, 0) is 6.54 Å². The summed E-state index contributed by atoms with van der Waals surface area (Å²) in [5, 5.41) is 9.69. The summed E-state index contributed by atoms with van der Waals surface area (Å²) in [4.78, 5) is 0. The van der Waals surface area contributed by atoms with E-state index in [4.69, 9.17) is 0 Å². The quantitative estimate of drug-likeness (QED) is 0.859. The third-order valence-electron chi connectivity index (χ3n) is 3.27. The third kappa shape index (κ3) is 2.42. The topological polar surface area (TPSA) is 25.2 Å². The van der Waals surface area contributed by atoms with Crippen molar-refractivity contribution in [3.63, 3.8) is 0 Å². The molecule has 2 aromatic rings. The summed E-state index contributed by atoms with van der Waals surface area (Å²) >= 11 is 0. The van der Waals surface area contributed by atoms with Crippen LogP contribution in [0.1, 0.15) is 35.4 Å². The summed E-state index contributed by atoms with van der Waals surface area (Å²) in [6, 6.07) is 10.3. The molecule has 1 unspecified atom stereocenters. The molecular formula is C15H19NO. The van der Waals surface area contributed by atoms with Crippen LogP contribution in [0.25, 0.3) is 0 Å². The van der Waals surface area contributed by atoms with E-state index >= 15 is 0 Å². The van der Waals surface area contributed by atoms with Crippen LogP contribution in [0.5, 0.6) is 0 Å². The second-order valence-corrected chi connectivity index (χ2v) is 4.61. The van der Waals surface area contributed by atoms with E-state index in [-0.39, 0.29) is 0 Å². The van der Waals surface area contributed by atoms with Crippen molar-refractivity contribution in [2.45, 2.75) is 33.4 Å². The average Bonchev–Trinajstić information content (AvgIpc) is 2.72. The Morgan fingerprint density at radius 1 is 1.12 bits per heavy atom. The molecule has 2 rings (SSSR count). The van der Waals surface area contributed by atoms with Gasteiger partial charge in [0, 0.05) is 18.4 Å². The van der Waals surface area contributed by atoms with Gasteiger partial charge in [0.05, 0.1) is 6.10 Å². The molecule has 1 atom stereocenters. The lowest BCUT2D eigenvalue weighted by Gasteiger charge is -2.15. The molecule has 0 aliphatic rings. The highest BCUT2D eigenvalue weighted by molar-refractivity contribution is 5.34. The number of nitrogens with zero attached hydrogens (tertiary/aromatic N) is 1. The van der Waals surface area contributed by atoms with E-state index in [9.17, 15) is 5.11 Å². The van der Waals surface area contributed by atoms with E-state index in [0.717, 1.165) is 12.2 Å². The number of rotatable bonds is 3. The lowest BCUT2D eigenvalue weighted by Crippen LogP contribution is -2.08. The zero-order chi connectivity index (χ0) is 12.4. The number of hydrogen-bond donors (Lipinski definition) is 1. The SMILES string of the molecule is Cc1cccc(C)c1Cn1cccc1C(C)O. The molecule has 2 heteroatoms. The Balaban J connectivity index is 2.35. The molecule has 1 aromatic carbocycles. The standard InChI is InChI=1S/C15H19NO/c1-11-6-4-7-12(2)14(11)10-16-9-5-8-15(16)13(3)17/h4-9,13,17H,10H2,1-3H3. The fourth-order valence-electron chi connectivity index (χ4n) is 2.22. The number of aryl methyl sites for hydroxylation is 2. The van der Waals surface area contributed by atoms with Crippen molar-refractivity contribution in [3.05, 3.63) is 58.9 Å². The molecular weight excluding hydrogens is 210 g/mol. The highest BCUT2D eigenvalue weighted by Gasteiger charge is 2.09. The maximum atomic E-state index is 9.69. The number of benzene rings is 1. The first-order chi connectivity index (χ1) is 8.09. The zero-order valence-electron chi connectivity index (χ0n) is 10.6. The molecule has 0 saturated carbocycles. The average molecular weight is 229 g/mol. The predicted molar refractivity (Wildman–Crippen MR) is 70.1 cm³/mol. The Bertz CT molecular complexity index is 491. The second kappa shape index (κ2) is 4.76. The van der Waals surface area contributed by atoms with E-state index in [1.807, 2.05) is 18.3 Å². The molecule has 1 heterocycles. The van der Waals surface area contributed by atoms with Crippen LogP contribution >= 0.6 is 0 Å². The van der Waals surface area contributed by atoms with Crippen LogP contribution in [0, 0.1) is 13.8 Å². The maximum absolute atomic E-state index is 9.69. The van der Waals surface area contributed by atoms with Crippen LogP contribution in [0.3, 0.4) is 0 Å². The highest BCUT2D eigenvalue weighted by atomic mass is 16.3. The van der Waals surface area contributed by atoms with E-state index in [1.54, 1.807) is 6.92 Å². The Morgan fingerprint density at radius 3 is 2.35 bits per heavy atom. The van der Waals surface area contributed by atoms with Crippen LogP contribution in [0.2, 0.25) is 0 Å². The molecule has 0 radical (unpaired) electrons. The smallest absolute Gasteiger partial charge is 0.0911 e. The first kappa shape index (κ1) is 11.9. The summed E-state index contributed by atoms with van der Waals surface area (Å²) in [5.41, 5.74) is 4.91. The van der Waals surface area contributed by atoms with Gasteiger partial charge in [-0.1, -0.05) is 18.2 Å². The number of aliphatic hydroxyl groups excluding tert-OH is 1. The lowest BCUT2D eigenvalue weighted by molar-refractivity contribution is 0.190. The first-order valence-corrected chi connectivity index (χ1v) is 5.98. The van der Waals surface area contributed by atoms with Gasteiger partial charge < -0.3 is 9.67 Å². The Morgan fingerprint density at radius 2 is 1.76 bits per heavy atom. The molecule has 17 heavy (non-hydrogen) atoms. The highest BCUT2D eigenvalue weighted by Crippen LogP contribution is 2.19. The van der Waals surface area contributed by atoms with Crippen LogP contribution in [0.4, 0.5) is 0 Å². The fraction of sp³-hybridized carbons (Fsp3) is 0.333. The predicted octanol–water partition coefficient (Wildman–Crippen LogP) is 3.21. The van der Waals surface area contributed by atoms with Crippen molar-refractivity contribution >= 4 is 0 Å². The van der Waals surface area contributed by atoms with Gasteiger partial charge in [-0.15, -0.1) is 0 Å². The molecule has 0 bridgehead atoms. The fourth-order valence-corrected chi connectivity index (χ4v) is 2.22. The molecule has 0 aliphatic heterocycles. The van der Waals surface area contributed by atoms with Crippen molar-refractivity contribution in [2.75, 3.05) is 0 Å². The van der Waals surface area contributed by atoms with Gasteiger partial charge in [-0.2, -0.15) is 0 Å². The van der Waals surface area contributed by atoms with Gasteiger partial charge in [0.15, 0.2) is 0 Å². The van der Waals surface area contributed by atoms with Gasteiger partial charge in [0.1, 0.15) is 0 Å². The van der Waals surface area contributed by atoms with Crippen LogP contribution in [-0.4, -0.2) is 9.67 Å². The van der Waals surface area contributed by atoms with Crippen molar-refractivity contribution in [2.24, 2.45) is 0 Å². The van der Waals surface area contributed by atoms with Gasteiger partial charge >= 0.3 is 0 Å². The number of aromatic nitrogens is 1. The number of aliphatic hydroxyl groups is 1. The maximum Gasteiger partial charge on any atom is 0.0911 e. The molecule has 1 N–H and O–H groups in total. The molecule has 1 aromatic heterocycles. The van der Waals surface area contributed by atoms with Crippen molar-refractivity contribution in [1.82, 2.24) is 4.57 Å². The second-order valence-electron chi connectivity index (χ2n) is 4.61. The van der Waals surface area contributed by atoms with Gasteiger partial charge in [-0.25, -0.2) is 0 Å². The molecule has 2 nitrogen and oxygen atoms in total. The first-order valence-electron chi connectivity index (χ1n) is 5.98. The summed E-state index contributed by atoms with van der Waals surface area (Å²) < 4.78 is 2.11. The number of hydrogen-bond acceptors (Lipinski definition) is 1. The van der Waals surface area contributed by atoms with E-state index in [0.29, 0.717) is 0 Å². The van der Waals surface area contributed by atoms with Gasteiger partial charge in [-0.05, 0) is 49.6 Å². The van der Waals surface area contributed by atoms with Gasteiger partial charge in [0.2, 0.25) is 0 Å². The Hall–Kier alpha value is -1.54. The minimum absolute atomic E-state index is 0.422. The minimum Gasteiger partial charge on any atom is -0.387 e. The largest absolute Gasteiger partial charge is 0.387 e. The summed E-state index contributed by atoms with van der Waals surface area (Å²) in [6.07, 6.45) is 1.60. The van der Waals surface area contributed by atoms with Crippen molar-refractivity contribution in [3.8, 4) is 0 Å². The van der Waals surface area contributed by atoms with Crippen molar-refractivity contribution in [1.29, 1.82) is 0 Å².